The van der Waals surface area contributed by atoms with E-state index in [1.807, 2.05) is 18.2 Å². The lowest BCUT2D eigenvalue weighted by Gasteiger charge is -2.34. The van der Waals surface area contributed by atoms with E-state index in [1.54, 1.807) is 7.11 Å². The molecular formula is C12H17ClN2O. The van der Waals surface area contributed by atoms with Crippen molar-refractivity contribution in [3.63, 3.8) is 0 Å². The zero-order valence-corrected chi connectivity index (χ0v) is 10.4. The molecule has 0 aliphatic carbocycles. The highest BCUT2D eigenvalue weighted by atomic mass is 35.5. The quantitative estimate of drug-likeness (QED) is 0.857. The molecule has 0 amide bonds. The monoisotopic (exact) mass is 240 g/mol. The summed E-state index contributed by atoms with van der Waals surface area (Å²) in [5, 5.41) is 4.20. The van der Waals surface area contributed by atoms with Gasteiger partial charge in [-0.1, -0.05) is 11.6 Å². The van der Waals surface area contributed by atoms with Gasteiger partial charge in [0.1, 0.15) is 5.75 Å². The number of halogens is 1. The Balaban J connectivity index is 2.24. The van der Waals surface area contributed by atoms with Crippen LogP contribution < -0.4 is 15.0 Å². The molecule has 1 fully saturated rings. The number of nitrogens with one attached hydrogen (secondary N) is 1. The van der Waals surface area contributed by atoms with E-state index in [4.69, 9.17) is 16.3 Å². The van der Waals surface area contributed by atoms with Crippen LogP contribution in [0.25, 0.3) is 0 Å². The van der Waals surface area contributed by atoms with E-state index in [0.717, 1.165) is 36.1 Å². The SMILES string of the molecule is COc1ccc(Cl)c(N2CCNC(C)C2)c1. The Kier molecular flexibility index (Phi) is 3.56. The summed E-state index contributed by atoms with van der Waals surface area (Å²) in [4.78, 5) is 2.30. The Morgan fingerprint density at radius 1 is 1.50 bits per heavy atom. The highest BCUT2D eigenvalue weighted by Crippen LogP contribution is 2.30. The summed E-state index contributed by atoms with van der Waals surface area (Å²) in [5.41, 5.74) is 1.06. The Morgan fingerprint density at radius 2 is 2.31 bits per heavy atom. The maximum absolute atomic E-state index is 6.22. The van der Waals surface area contributed by atoms with Crippen molar-refractivity contribution in [2.75, 3.05) is 31.6 Å². The smallest absolute Gasteiger partial charge is 0.121 e. The number of piperazine rings is 1. The van der Waals surface area contributed by atoms with Crippen molar-refractivity contribution < 1.29 is 4.74 Å². The maximum atomic E-state index is 6.22. The van der Waals surface area contributed by atoms with E-state index in [-0.39, 0.29) is 0 Å². The molecule has 1 aliphatic rings. The Bertz CT molecular complexity index is 370. The summed E-state index contributed by atoms with van der Waals surface area (Å²) in [6.07, 6.45) is 0. The molecule has 1 heterocycles. The minimum atomic E-state index is 0.496. The fourth-order valence-corrected chi connectivity index (χ4v) is 2.25. The van der Waals surface area contributed by atoms with Crippen molar-refractivity contribution in [1.82, 2.24) is 5.32 Å². The van der Waals surface area contributed by atoms with E-state index >= 15 is 0 Å². The number of nitrogens with zero attached hydrogens (tertiary/aromatic N) is 1. The molecule has 1 N–H and O–H groups in total. The van der Waals surface area contributed by atoms with Crippen LogP contribution in [0.2, 0.25) is 5.02 Å². The second-order valence-corrected chi connectivity index (χ2v) is 4.53. The predicted octanol–water partition coefficient (Wildman–Crippen LogP) is 2.15. The normalized spacial score (nSPS) is 20.9. The van der Waals surface area contributed by atoms with Crippen LogP contribution in [0, 0.1) is 0 Å². The second-order valence-electron chi connectivity index (χ2n) is 4.12. The highest BCUT2D eigenvalue weighted by Gasteiger charge is 2.18. The van der Waals surface area contributed by atoms with Crippen LogP contribution >= 0.6 is 11.6 Å². The molecule has 3 nitrogen and oxygen atoms in total. The molecular weight excluding hydrogens is 224 g/mol. The van der Waals surface area contributed by atoms with Gasteiger partial charge in [0, 0.05) is 31.7 Å². The van der Waals surface area contributed by atoms with E-state index in [9.17, 15) is 0 Å². The van der Waals surface area contributed by atoms with E-state index < -0.39 is 0 Å². The fraction of sp³-hybridized carbons (Fsp3) is 0.500. The molecule has 0 spiro atoms. The minimum absolute atomic E-state index is 0.496. The number of benzene rings is 1. The number of anilines is 1. The van der Waals surface area contributed by atoms with Crippen molar-refractivity contribution in [2.45, 2.75) is 13.0 Å². The van der Waals surface area contributed by atoms with Gasteiger partial charge in [-0.3, -0.25) is 0 Å². The largest absolute Gasteiger partial charge is 0.497 e. The topological polar surface area (TPSA) is 24.5 Å². The van der Waals surface area contributed by atoms with Crippen molar-refractivity contribution in [3.8, 4) is 5.75 Å². The molecule has 0 bridgehead atoms. The average molecular weight is 241 g/mol. The predicted molar refractivity (Wildman–Crippen MR) is 67.7 cm³/mol. The molecule has 1 aromatic rings. The van der Waals surface area contributed by atoms with Crippen molar-refractivity contribution in [3.05, 3.63) is 23.2 Å². The first-order valence-electron chi connectivity index (χ1n) is 5.52. The molecule has 4 heteroatoms. The average Bonchev–Trinajstić information content (AvgIpc) is 2.30. The zero-order chi connectivity index (χ0) is 11.5. The molecule has 2 rings (SSSR count). The van der Waals surface area contributed by atoms with Gasteiger partial charge in [0.2, 0.25) is 0 Å². The molecule has 1 unspecified atom stereocenters. The molecule has 88 valence electrons. The summed E-state index contributed by atoms with van der Waals surface area (Å²) < 4.78 is 5.23. The first kappa shape index (κ1) is 11.6. The lowest BCUT2D eigenvalue weighted by molar-refractivity contribution is 0.414. The third kappa shape index (κ3) is 2.42. The lowest BCUT2D eigenvalue weighted by atomic mass is 10.2. The van der Waals surface area contributed by atoms with Gasteiger partial charge in [-0.25, -0.2) is 0 Å². The zero-order valence-electron chi connectivity index (χ0n) is 9.66. The van der Waals surface area contributed by atoms with Crippen LogP contribution in [-0.4, -0.2) is 32.8 Å². The highest BCUT2D eigenvalue weighted by molar-refractivity contribution is 6.33. The molecule has 1 aromatic carbocycles. The van der Waals surface area contributed by atoms with Gasteiger partial charge in [-0.05, 0) is 19.1 Å². The minimum Gasteiger partial charge on any atom is -0.497 e. The van der Waals surface area contributed by atoms with Gasteiger partial charge in [-0.15, -0.1) is 0 Å². The number of rotatable bonds is 2. The Hall–Kier alpha value is -0.930. The van der Waals surface area contributed by atoms with Crippen LogP contribution in [0.4, 0.5) is 5.69 Å². The van der Waals surface area contributed by atoms with Crippen LogP contribution in [0.5, 0.6) is 5.75 Å². The van der Waals surface area contributed by atoms with E-state index in [1.165, 1.54) is 0 Å². The number of ether oxygens (including phenoxy) is 1. The molecule has 1 atom stereocenters. The Morgan fingerprint density at radius 3 is 3.00 bits per heavy atom. The van der Waals surface area contributed by atoms with Gasteiger partial charge in [0.25, 0.3) is 0 Å². The standard InChI is InChI=1S/C12H17ClN2O/c1-9-8-15(6-5-14-9)12-7-10(16-2)3-4-11(12)13/h3-4,7,9,14H,5-6,8H2,1-2H3. The first-order chi connectivity index (χ1) is 7.70. The number of hydrogen-bond acceptors (Lipinski definition) is 3. The molecule has 1 saturated heterocycles. The summed E-state index contributed by atoms with van der Waals surface area (Å²) in [5.74, 6) is 0.852. The van der Waals surface area contributed by atoms with Gasteiger partial charge in [0.05, 0.1) is 17.8 Å². The summed E-state index contributed by atoms with van der Waals surface area (Å²) in [6.45, 7) is 5.14. The molecule has 16 heavy (non-hydrogen) atoms. The van der Waals surface area contributed by atoms with Gasteiger partial charge in [-0.2, -0.15) is 0 Å². The van der Waals surface area contributed by atoms with Crippen LogP contribution in [0.15, 0.2) is 18.2 Å². The van der Waals surface area contributed by atoms with Gasteiger partial charge >= 0.3 is 0 Å². The summed E-state index contributed by atoms with van der Waals surface area (Å²) >= 11 is 6.22. The Labute approximate surface area is 101 Å². The molecule has 0 aromatic heterocycles. The lowest BCUT2D eigenvalue weighted by Crippen LogP contribution is -2.49. The molecule has 0 radical (unpaired) electrons. The fourth-order valence-electron chi connectivity index (χ4n) is 2.01. The second kappa shape index (κ2) is 4.93. The van der Waals surface area contributed by atoms with Crippen LogP contribution in [-0.2, 0) is 0 Å². The van der Waals surface area contributed by atoms with E-state index in [2.05, 4.69) is 17.1 Å². The molecule has 0 saturated carbocycles. The van der Waals surface area contributed by atoms with Crippen molar-refractivity contribution in [2.24, 2.45) is 0 Å². The van der Waals surface area contributed by atoms with Gasteiger partial charge < -0.3 is 15.0 Å². The van der Waals surface area contributed by atoms with Crippen LogP contribution in [0.3, 0.4) is 0 Å². The number of hydrogen-bond donors (Lipinski definition) is 1. The van der Waals surface area contributed by atoms with Crippen molar-refractivity contribution >= 4 is 17.3 Å². The number of methoxy groups -OCH3 is 1. The van der Waals surface area contributed by atoms with Crippen molar-refractivity contribution in [1.29, 1.82) is 0 Å². The van der Waals surface area contributed by atoms with E-state index in [0.29, 0.717) is 6.04 Å². The third-order valence-electron chi connectivity index (χ3n) is 2.86. The first-order valence-corrected chi connectivity index (χ1v) is 5.90. The maximum Gasteiger partial charge on any atom is 0.121 e. The summed E-state index contributed by atoms with van der Waals surface area (Å²) in [6, 6.07) is 6.27. The van der Waals surface area contributed by atoms with Crippen LogP contribution in [0.1, 0.15) is 6.92 Å². The third-order valence-corrected chi connectivity index (χ3v) is 3.18. The molecule has 1 aliphatic heterocycles. The van der Waals surface area contributed by atoms with Gasteiger partial charge in [0.15, 0.2) is 0 Å². The summed E-state index contributed by atoms with van der Waals surface area (Å²) in [7, 11) is 1.67.